The van der Waals surface area contributed by atoms with Crippen molar-refractivity contribution in [2.24, 2.45) is 5.92 Å². The lowest BCUT2D eigenvalue weighted by molar-refractivity contribution is -0.274. The van der Waals surface area contributed by atoms with E-state index < -0.39 is 6.36 Å². The SMILES string of the molecule is CC(C)[C@H](C)NC(=O)CN(C)CC(=O)Nc1ccc(OC(F)(F)F)cc1. The zero-order chi connectivity index (χ0) is 19.9. The Bertz CT molecular complexity index is 604. The number of anilines is 1. The molecule has 0 aliphatic rings. The van der Waals surface area contributed by atoms with Crippen LogP contribution in [0.5, 0.6) is 5.75 Å². The van der Waals surface area contributed by atoms with Gasteiger partial charge in [0.1, 0.15) is 5.75 Å². The molecule has 1 rings (SSSR count). The number of rotatable bonds is 8. The molecule has 1 aromatic rings. The number of amides is 2. The number of halogens is 3. The highest BCUT2D eigenvalue weighted by molar-refractivity contribution is 5.92. The third-order valence-electron chi connectivity index (χ3n) is 3.59. The summed E-state index contributed by atoms with van der Waals surface area (Å²) in [6, 6.07) is 4.84. The minimum atomic E-state index is -4.76. The molecule has 6 nitrogen and oxygen atoms in total. The number of benzene rings is 1. The van der Waals surface area contributed by atoms with Crippen LogP contribution < -0.4 is 15.4 Å². The first-order valence-corrected chi connectivity index (χ1v) is 8.10. The summed E-state index contributed by atoms with van der Waals surface area (Å²) in [5.41, 5.74) is 0.329. The Balaban J connectivity index is 2.44. The van der Waals surface area contributed by atoms with Crippen LogP contribution >= 0.6 is 0 Å². The molecule has 26 heavy (non-hydrogen) atoms. The van der Waals surface area contributed by atoms with Gasteiger partial charge in [0.15, 0.2) is 0 Å². The molecular formula is C17H24F3N3O3. The summed E-state index contributed by atoms with van der Waals surface area (Å²) in [7, 11) is 1.62. The van der Waals surface area contributed by atoms with Gasteiger partial charge in [-0.3, -0.25) is 14.5 Å². The highest BCUT2D eigenvalue weighted by Gasteiger charge is 2.30. The van der Waals surface area contributed by atoms with E-state index >= 15 is 0 Å². The van der Waals surface area contributed by atoms with E-state index in [4.69, 9.17) is 0 Å². The van der Waals surface area contributed by atoms with Crippen LogP contribution in [0.2, 0.25) is 0 Å². The lowest BCUT2D eigenvalue weighted by Crippen LogP contribution is -2.43. The van der Waals surface area contributed by atoms with E-state index in [-0.39, 0.29) is 36.7 Å². The highest BCUT2D eigenvalue weighted by atomic mass is 19.4. The summed E-state index contributed by atoms with van der Waals surface area (Å²) in [6.45, 7) is 5.91. The Morgan fingerprint density at radius 1 is 1.08 bits per heavy atom. The van der Waals surface area contributed by atoms with Crippen LogP contribution in [-0.4, -0.2) is 49.3 Å². The van der Waals surface area contributed by atoms with Crippen LogP contribution in [0.4, 0.5) is 18.9 Å². The molecule has 9 heteroatoms. The molecule has 2 N–H and O–H groups in total. The number of nitrogens with zero attached hydrogens (tertiary/aromatic N) is 1. The Hall–Kier alpha value is -2.29. The molecule has 1 aromatic carbocycles. The predicted octanol–water partition coefficient (Wildman–Crippen LogP) is 2.62. The lowest BCUT2D eigenvalue weighted by Gasteiger charge is -2.20. The second-order valence-corrected chi connectivity index (χ2v) is 6.39. The van der Waals surface area contributed by atoms with E-state index in [1.54, 1.807) is 11.9 Å². The van der Waals surface area contributed by atoms with Crippen LogP contribution in [0.3, 0.4) is 0 Å². The van der Waals surface area contributed by atoms with Crippen molar-refractivity contribution in [2.45, 2.75) is 33.2 Å². The Morgan fingerprint density at radius 3 is 2.12 bits per heavy atom. The average Bonchev–Trinajstić information content (AvgIpc) is 2.47. The van der Waals surface area contributed by atoms with Crippen molar-refractivity contribution in [3.63, 3.8) is 0 Å². The molecule has 0 heterocycles. The van der Waals surface area contributed by atoms with Gasteiger partial charge in [-0.25, -0.2) is 0 Å². The summed E-state index contributed by atoms with van der Waals surface area (Å²) >= 11 is 0. The quantitative estimate of drug-likeness (QED) is 0.733. The van der Waals surface area contributed by atoms with Gasteiger partial charge in [0.05, 0.1) is 13.1 Å². The van der Waals surface area contributed by atoms with E-state index in [1.807, 2.05) is 20.8 Å². The van der Waals surface area contributed by atoms with E-state index in [0.717, 1.165) is 12.1 Å². The minimum Gasteiger partial charge on any atom is -0.406 e. The highest BCUT2D eigenvalue weighted by Crippen LogP contribution is 2.23. The van der Waals surface area contributed by atoms with Crippen molar-refractivity contribution in [1.82, 2.24) is 10.2 Å². The van der Waals surface area contributed by atoms with Crippen molar-refractivity contribution >= 4 is 17.5 Å². The maximum absolute atomic E-state index is 12.1. The maximum Gasteiger partial charge on any atom is 0.573 e. The fourth-order valence-corrected chi connectivity index (χ4v) is 1.95. The number of hydrogen-bond acceptors (Lipinski definition) is 4. The molecule has 146 valence electrons. The van der Waals surface area contributed by atoms with E-state index in [2.05, 4.69) is 15.4 Å². The number of carbonyl (C=O) groups excluding carboxylic acids is 2. The van der Waals surface area contributed by atoms with Gasteiger partial charge in [0.25, 0.3) is 0 Å². The topological polar surface area (TPSA) is 70.7 Å². The average molecular weight is 375 g/mol. The minimum absolute atomic E-state index is 0.0298. The van der Waals surface area contributed by atoms with Crippen molar-refractivity contribution in [3.05, 3.63) is 24.3 Å². The number of likely N-dealkylation sites (N-methyl/N-ethyl adjacent to an activating group) is 1. The normalized spacial score (nSPS) is 12.8. The molecule has 0 aromatic heterocycles. The van der Waals surface area contributed by atoms with Crippen LogP contribution in [0.25, 0.3) is 0 Å². The summed E-state index contributed by atoms with van der Waals surface area (Å²) in [5, 5.41) is 5.39. The molecule has 0 bridgehead atoms. The van der Waals surface area contributed by atoms with Gasteiger partial charge in [0, 0.05) is 11.7 Å². The molecule has 0 radical (unpaired) electrons. The van der Waals surface area contributed by atoms with Gasteiger partial charge in [-0.15, -0.1) is 13.2 Å². The third-order valence-corrected chi connectivity index (χ3v) is 3.59. The number of hydrogen-bond donors (Lipinski definition) is 2. The van der Waals surface area contributed by atoms with Crippen molar-refractivity contribution in [3.8, 4) is 5.75 Å². The van der Waals surface area contributed by atoms with E-state index in [0.29, 0.717) is 11.6 Å². The summed E-state index contributed by atoms with van der Waals surface area (Å²) < 4.78 is 40.0. The number of ether oxygens (including phenoxy) is 1. The molecule has 0 spiro atoms. The van der Waals surface area contributed by atoms with Gasteiger partial charge in [-0.05, 0) is 44.2 Å². The molecule has 0 saturated carbocycles. The molecule has 0 saturated heterocycles. The zero-order valence-corrected chi connectivity index (χ0v) is 15.2. The smallest absolute Gasteiger partial charge is 0.406 e. The number of alkyl halides is 3. The monoisotopic (exact) mass is 375 g/mol. The zero-order valence-electron chi connectivity index (χ0n) is 15.2. The Kier molecular flexibility index (Phi) is 7.88. The fraction of sp³-hybridized carbons (Fsp3) is 0.529. The Morgan fingerprint density at radius 2 is 1.62 bits per heavy atom. The van der Waals surface area contributed by atoms with Gasteiger partial charge in [-0.2, -0.15) is 0 Å². The maximum atomic E-state index is 12.1. The van der Waals surface area contributed by atoms with Gasteiger partial charge < -0.3 is 15.4 Å². The molecule has 0 aliphatic carbocycles. The molecule has 0 fully saturated rings. The summed E-state index contributed by atoms with van der Waals surface area (Å²) in [4.78, 5) is 25.4. The largest absolute Gasteiger partial charge is 0.573 e. The van der Waals surface area contributed by atoms with Crippen LogP contribution in [0, 0.1) is 5.92 Å². The number of nitrogens with one attached hydrogen (secondary N) is 2. The van der Waals surface area contributed by atoms with Crippen molar-refractivity contribution < 1.29 is 27.5 Å². The standard InChI is InChI=1S/C17H24F3N3O3/c1-11(2)12(3)21-15(24)9-23(4)10-16(25)22-13-5-7-14(8-6-13)26-17(18,19)20/h5-8,11-12H,9-10H2,1-4H3,(H,21,24)(H,22,25)/t12-/m0/s1. The van der Waals surface area contributed by atoms with Crippen molar-refractivity contribution in [1.29, 1.82) is 0 Å². The van der Waals surface area contributed by atoms with Gasteiger partial charge in [0.2, 0.25) is 11.8 Å². The first-order valence-electron chi connectivity index (χ1n) is 8.10. The molecular weight excluding hydrogens is 351 g/mol. The first-order chi connectivity index (χ1) is 12.0. The Labute approximate surface area is 150 Å². The van der Waals surface area contributed by atoms with Crippen LogP contribution in [0.1, 0.15) is 20.8 Å². The molecule has 0 aliphatic heterocycles. The second-order valence-electron chi connectivity index (χ2n) is 6.39. The van der Waals surface area contributed by atoms with E-state index in [9.17, 15) is 22.8 Å². The third kappa shape index (κ3) is 8.70. The molecule has 2 amide bonds. The predicted molar refractivity (Wildman–Crippen MR) is 91.7 cm³/mol. The van der Waals surface area contributed by atoms with E-state index in [1.165, 1.54) is 12.1 Å². The summed E-state index contributed by atoms with van der Waals surface area (Å²) in [5.74, 6) is -0.641. The fourth-order valence-electron chi connectivity index (χ4n) is 1.95. The lowest BCUT2D eigenvalue weighted by atomic mass is 10.1. The van der Waals surface area contributed by atoms with Crippen molar-refractivity contribution in [2.75, 3.05) is 25.5 Å². The number of carbonyl (C=O) groups is 2. The van der Waals surface area contributed by atoms with Gasteiger partial charge >= 0.3 is 6.36 Å². The van der Waals surface area contributed by atoms with Crippen LogP contribution in [-0.2, 0) is 9.59 Å². The molecule has 1 atom stereocenters. The first kappa shape index (κ1) is 21.8. The van der Waals surface area contributed by atoms with Gasteiger partial charge in [-0.1, -0.05) is 13.8 Å². The molecule has 0 unspecified atom stereocenters. The summed E-state index contributed by atoms with van der Waals surface area (Å²) in [6.07, 6.45) is -4.76. The second kappa shape index (κ2) is 9.42. The van der Waals surface area contributed by atoms with Crippen LogP contribution in [0.15, 0.2) is 24.3 Å².